The smallest absolute Gasteiger partial charge is 0.333 e. The van der Waals surface area contributed by atoms with E-state index in [1.807, 2.05) is 6.07 Å². The van der Waals surface area contributed by atoms with Gasteiger partial charge in [-0.2, -0.15) is 0 Å². The quantitative estimate of drug-likeness (QED) is 0.0650. The van der Waals surface area contributed by atoms with Crippen LogP contribution in [0.1, 0.15) is 38.8 Å². The molecule has 0 saturated carbocycles. The number of ether oxygens (including phenoxy) is 1. The van der Waals surface area contributed by atoms with Crippen LogP contribution in [0.3, 0.4) is 0 Å². The Bertz CT molecular complexity index is 1640. The molecule has 0 aliphatic carbocycles. The number of esters is 1. The van der Waals surface area contributed by atoms with Gasteiger partial charge in [0.05, 0.1) is 22.5 Å². The molecule has 2 heterocycles. The number of carbonyl (C=O) groups excluding carboxylic acids is 5. The van der Waals surface area contributed by atoms with Crippen molar-refractivity contribution >= 4 is 47.2 Å². The number of carbonyl (C=O) groups is 5. The first kappa shape index (κ1) is 30.2. The van der Waals surface area contributed by atoms with E-state index >= 15 is 0 Å². The fourth-order valence-electron chi connectivity index (χ4n) is 4.88. The first-order chi connectivity index (χ1) is 21.1. The van der Waals surface area contributed by atoms with E-state index in [0.717, 1.165) is 21.2 Å². The van der Waals surface area contributed by atoms with Crippen LogP contribution in [0.25, 0.3) is 0 Å². The zero-order valence-corrected chi connectivity index (χ0v) is 24.2. The first-order valence-electron chi connectivity index (χ1n) is 13.4. The van der Waals surface area contributed by atoms with Gasteiger partial charge >= 0.3 is 5.97 Å². The number of amides is 4. The van der Waals surface area contributed by atoms with Crippen LogP contribution in [0.5, 0.6) is 0 Å². The van der Waals surface area contributed by atoms with Crippen molar-refractivity contribution in [2.45, 2.75) is 37.4 Å². The fraction of sp³-hybridized carbons (Fsp3) is 0.194. The zero-order valence-electron chi connectivity index (χ0n) is 23.4. The maximum Gasteiger partial charge on any atom is 0.333 e. The number of likely N-dealkylation sites (tertiary alicyclic amines) is 1. The molecule has 13 heteroatoms. The molecule has 2 aliphatic rings. The predicted molar refractivity (Wildman–Crippen MR) is 159 cm³/mol. The number of rotatable bonds is 11. The molecule has 1 N–H and O–H groups in total. The molecule has 2 aliphatic heterocycles. The Morgan fingerprint density at radius 3 is 2.11 bits per heavy atom. The lowest BCUT2D eigenvalue weighted by atomic mass is 9.99. The van der Waals surface area contributed by atoms with Gasteiger partial charge in [0, 0.05) is 12.1 Å². The highest BCUT2D eigenvalue weighted by molar-refractivity contribution is 7.98. The third kappa shape index (κ3) is 5.95. The minimum Gasteiger partial charge on any atom is -0.459 e. The summed E-state index contributed by atoms with van der Waals surface area (Å²) in [4.78, 5) is 77.6. The molecule has 3 aromatic carbocycles. The Kier molecular flexibility index (Phi) is 8.58. The van der Waals surface area contributed by atoms with Gasteiger partial charge in [0.25, 0.3) is 17.5 Å². The van der Waals surface area contributed by atoms with E-state index in [1.165, 1.54) is 43.3 Å². The molecule has 4 amide bonds. The monoisotopic (exact) mass is 614 g/mol. The lowest BCUT2D eigenvalue weighted by molar-refractivity contribution is -0.384. The van der Waals surface area contributed by atoms with Crippen molar-refractivity contribution in [3.63, 3.8) is 0 Å². The third-order valence-electron chi connectivity index (χ3n) is 7.07. The summed E-state index contributed by atoms with van der Waals surface area (Å²) in [6.45, 7) is 5.14. The van der Waals surface area contributed by atoms with Gasteiger partial charge in [-0.05, 0) is 59.8 Å². The molecule has 224 valence electrons. The molecule has 0 spiro atoms. The second-order valence-corrected chi connectivity index (χ2v) is 11.2. The first-order valence-corrected chi connectivity index (χ1v) is 14.3. The summed E-state index contributed by atoms with van der Waals surface area (Å²) >= 11 is 0.729. The van der Waals surface area contributed by atoms with E-state index in [-0.39, 0.29) is 35.4 Å². The summed E-state index contributed by atoms with van der Waals surface area (Å²) in [5.74, 6) is -3.10. The van der Waals surface area contributed by atoms with Crippen molar-refractivity contribution in [3.05, 3.63) is 123 Å². The van der Waals surface area contributed by atoms with Gasteiger partial charge in [-0.15, -0.1) is 0 Å². The van der Waals surface area contributed by atoms with Gasteiger partial charge in [-0.25, -0.2) is 9.10 Å². The van der Waals surface area contributed by atoms with E-state index in [0.29, 0.717) is 11.1 Å². The zero-order chi connectivity index (χ0) is 31.5. The topological polar surface area (TPSA) is 156 Å². The molecule has 0 bridgehead atoms. The number of β-lactam (4-membered cyclic amide) rings is 1. The van der Waals surface area contributed by atoms with Crippen LogP contribution in [0.2, 0.25) is 0 Å². The lowest BCUT2D eigenvalue weighted by Crippen LogP contribution is -2.73. The molecular formula is C31H26N4O8S. The molecule has 1 fully saturated rings. The molecule has 0 radical (unpaired) electrons. The van der Waals surface area contributed by atoms with Gasteiger partial charge in [0.2, 0.25) is 11.8 Å². The average molecular weight is 615 g/mol. The molecular weight excluding hydrogens is 588 g/mol. The Morgan fingerprint density at radius 1 is 0.955 bits per heavy atom. The van der Waals surface area contributed by atoms with Gasteiger partial charge in [-0.1, -0.05) is 49.0 Å². The maximum atomic E-state index is 13.5. The van der Waals surface area contributed by atoms with E-state index in [2.05, 4.69) is 11.9 Å². The molecule has 0 aromatic heterocycles. The standard InChI is InChI=1S/C31H26N4O8S/c1-18(2)26(31(40)43-17-20-12-14-21(15-13-20)35(41)42)33-29(39)25(32-24(36)16-19-8-4-3-5-9-19)30(33)44-34-27(37)22-10-6-7-11-23(22)28(34)38/h3-15,25-26,30H,1,16-17H2,2H3,(H,32,36). The van der Waals surface area contributed by atoms with Gasteiger partial charge in [0.1, 0.15) is 18.0 Å². The Labute approximate surface area is 255 Å². The number of nitro benzene ring substituents is 1. The number of nitro groups is 1. The molecule has 3 atom stereocenters. The molecule has 3 unspecified atom stereocenters. The van der Waals surface area contributed by atoms with Gasteiger partial charge in [-0.3, -0.25) is 29.3 Å². The van der Waals surface area contributed by atoms with Crippen molar-refractivity contribution in [2.75, 3.05) is 0 Å². The second-order valence-electron chi connectivity index (χ2n) is 10.2. The van der Waals surface area contributed by atoms with E-state index < -0.39 is 52.0 Å². The highest BCUT2D eigenvalue weighted by Crippen LogP contribution is 2.40. The molecule has 1 saturated heterocycles. The number of fused-ring (bicyclic) bond motifs is 1. The number of hydrogen-bond acceptors (Lipinski definition) is 9. The van der Waals surface area contributed by atoms with Crippen molar-refractivity contribution < 1.29 is 33.6 Å². The number of nitrogens with one attached hydrogen (secondary N) is 1. The van der Waals surface area contributed by atoms with Crippen LogP contribution >= 0.6 is 11.9 Å². The maximum absolute atomic E-state index is 13.5. The number of non-ortho nitro benzene ring substituents is 1. The minimum atomic E-state index is -1.31. The number of hydrogen-bond donors (Lipinski definition) is 1. The molecule has 3 aromatic rings. The summed E-state index contributed by atoms with van der Waals surface area (Å²) in [6, 6.07) is 18.1. The summed E-state index contributed by atoms with van der Waals surface area (Å²) in [5.41, 5.74) is 1.71. The highest BCUT2D eigenvalue weighted by Gasteiger charge is 2.56. The predicted octanol–water partition coefficient (Wildman–Crippen LogP) is 3.42. The SMILES string of the molecule is C=C(C)C(C(=O)OCc1ccc([N+](=O)[O-])cc1)N1C(=O)C(NC(=O)Cc2ccccc2)C1SN1C(=O)c2ccccc2C1=O. The van der Waals surface area contributed by atoms with Gasteiger partial charge < -0.3 is 15.0 Å². The summed E-state index contributed by atoms with van der Waals surface area (Å²) in [5, 5.41) is 12.6. The Hall–Kier alpha value is -5.30. The lowest BCUT2D eigenvalue weighted by Gasteiger charge is -2.49. The fourth-order valence-corrected chi connectivity index (χ4v) is 6.12. The normalized spacial score (nSPS) is 17.9. The minimum absolute atomic E-state index is 0.0176. The van der Waals surface area contributed by atoms with Crippen molar-refractivity contribution in [2.24, 2.45) is 0 Å². The van der Waals surface area contributed by atoms with Crippen molar-refractivity contribution in [1.82, 2.24) is 14.5 Å². The van der Waals surface area contributed by atoms with Crippen LogP contribution in [0.15, 0.2) is 91.0 Å². The molecule has 12 nitrogen and oxygen atoms in total. The van der Waals surface area contributed by atoms with E-state index in [4.69, 9.17) is 4.74 Å². The van der Waals surface area contributed by atoms with Crippen LogP contribution in [0, 0.1) is 10.1 Å². The van der Waals surface area contributed by atoms with Crippen molar-refractivity contribution in [1.29, 1.82) is 0 Å². The number of benzene rings is 3. The summed E-state index contributed by atoms with van der Waals surface area (Å²) in [6.07, 6.45) is -0.0176. The van der Waals surface area contributed by atoms with Gasteiger partial charge in [0.15, 0.2) is 6.04 Å². The second kappa shape index (κ2) is 12.5. The summed E-state index contributed by atoms with van der Waals surface area (Å²) < 4.78 is 6.38. The van der Waals surface area contributed by atoms with E-state index in [9.17, 15) is 34.1 Å². The average Bonchev–Trinajstić information content (AvgIpc) is 3.25. The van der Waals surface area contributed by atoms with Crippen LogP contribution in [-0.2, 0) is 32.1 Å². The van der Waals surface area contributed by atoms with Crippen LogP contribution in [0.4, 0.5) is 5.69 Å². The largest absolute Gasteiger partial charge is 0.459 e. The Morgan fingerprint density at radius 2 is 1.55 bits per heavy atom. The molecule has 5 rings (SSSR count). The number of imide groups is 1. The Balaban J connectivity index is 1.37. The number of nitrogens with zero attached hydrogens (tertiary/aromatic N) is 3. The van der Waals surface area contributed by atoms with Crippen LogP contribution in [-0.4, -0.2) is 61.2 Å². The third-order valence-corrected chi connectivity index (χ3v) is 8.33. The van der Waals surface area contributed by atoms with Crippen molar-refractivity contribution in [3.8, 4) is 0 Å². The summed E-state index contributed by atoms with van der Waals surface area (Å²) in [7, 11) is 0. The highest BCUT2D eigenvalue weighted by atomic mass is 32.2. The van der Waals surface area contributed by atoms with Crippen LogP contribution < -0.4 is 5.32 Å². The van der Waals surface area contributed by atoms with E-state index in [1.54, 1.807) is 36.4 Å². The molecule has 44 heavy (non-hydrogen) atoms.